The van der Waals surface area contributed by atoms with Crippen molar-refractivity contribution in [1.82, 2.24) is 10.2 Å². The molecule has 2 atom stereocenters. The quantitative estimate of drug-likeness (QED) is 0.728. The second-order valence-corrected chi connectivity index (χ2v) is 4.05. The molecule has 2 rings (SSSR count). The van der Waals surface area contributed by atoms with Gasteiger partial charge in [0.1, 0.15) is 6.04 Å². The molecule has 0 radical (unpaired) electrons. The smallest absolute Gasteiger partial charge is 0.242 e. The third kappa shape index (κ3) is 3.07. The number of nitrogens with zero attached hydrogens (tertiary/aromatic N) is 1. The third-order valence-electron chi connectivity index (χ3n) is 3.02. The molecule has 1 amide bonds. The topological polar surface area (TPSA) is 50.8 Å². The van der Waals surface area contributed by atoms with Crippen molar-refractivity contribution in [2.24, 2.45) is 0 Å². The van der Waals surface area contributed by atoms with Crippen LogP contribution in [0.1, 0.15) is 6.42 Å². The summed E-state index contributed by atoms with van der Waals surface area (Å²) < 4.78 is 10.5. The van der Waals surface area contributed by atoms with E-state index in [0.717, 1.165) is 19.6 Å². The van der Waals surface area contributed by atoms with E-state index in [1.54, 1.807) is 4.90 Å². The standard InChI is InChI=1S/C10H18N2O3.ClH/c1-12(8-2-4-14-6-8)10(13)9-7-15-5-3-11-9;/h8-9,11H,2-7H2,1H3;1H. The number of likely N-dealkylation sites (N-methyl/N-ethyl adjacent to an activating group) is 1. The summed E-state index contributed by atoms with van der Waals surface area (Å²) in [6.45, 7) is 3.36. The Morgan fingerprint density at radius 1 is 1.31 bits per heavy atom. The molecular formula is C10H19ClN2O3. The molecule has 0 aromatic rings. The lowest BCUT2D eigenvalue weighted by Gasteiger charge is -2.30. The van der Waals surface area contributed by atoms with Crippen LogP contribution >= 0.6 is 12.4 Å². The Bertz CT molecular complexity index is 228. The summed E-state index contributed by atoms with van der Waals surface area (Å²) in [5.74, 6) is 0.116. The van der Waals surface area contributed by atoms with E-state index in [-0.39, 0.29) is 30.4 Å². The molecule has 0 aromatic heterocycles. The number of morpholine rings is 1. The summed E-state index contributed by atoms with van der Waals surface area (Å²) in [5, 5.41) is 3.17. The summed E-state index contributed by atoms with van der Waals surface area (Å²) in [6.07, 6.45) is 0.940. The fraction of sp³-hybridized carbons (Fsp3) is 0.900. The van der Waals surface area contributed by atoms with Crippen LogP contribution in [-0.2, 0) is 14.3 Å². The van der Waals surface area contributed by atoms with Crippen LogP contribution in [-0.4, -0.2) is 62.9 Å². The molecule has 94 valence electrons. The van der Waals surface area contributed by atoms with Crippen molar-refractivity contribution in [3.8, 4) is 0 Å². The summed E-state index contributed by atoms with van der Waals surface area (Å²) in [6, 6.07) is 0.0607. The summed E-state index contributed by atoms with van der Waals surface area (Å²) in [7, 11) is 1.85. The highest BCUT2D eigenvalue weighted by Crippen LogP contribution is 2.12. The van der Waals surface area contributed by atoms with Crippen molar-refractivity contribution in [3.05, 3.63) is 0 Å². The van der Waals surface area contributed by atoms with Crippen molar-refractivity contribution < 1.29 is 14.3 Å². The first-order valence-electron chi connectivity index (χ1n) is 5.44. The van der Waals surface area contributed by atoms with Gasteiger partial charge in [0, 0.05) is 20.2 Å². The zero-order chi connectivity index (χ0) is 10.7. The number of carbonyl (C=O) groups is 1. The number of ether oxygens (including phenoxy) is 2. The van der Waals surface area contributed by atoms with Gasteiger partial charge in [0.05, 0.1) is 25.9 Å². The lowest BCUT2D eigenvalue weighted by atomic mass is 10.2. The van der Waals surface area contributed by atoms with Gasteiger partial charge < -0.3 is 19.7 Å². The largest absolute Gasteiger partial charge is 0.379 e. The summed E-state index contributed by atoms with van der Waals surface area (Å²) in [4.78, 5) is 13.8. The van der Waals surface area contributed by atoms with Gasteiger partial charge in [-0.2, -0.15) is 0 Å². The molecule has 2 fully saturated rings. The number of nitrogens with one attached hydrogen (secondary N) is 1. The second-order valence-electron chi connectivity index (χ2n) is 4.05. The molecule has 1 N–H and O–H groups in total. The Morgan fingerprint density at radius 3 is 2.62 bits per heavy atom. The fourth-order valence-corrected chi connectivity index (χ4v) is 1.98. The summed E-state index contributed by atoms with van der Waals surface area (Å²) in [5.41, 5.74) is 0. The molecule has 0 aromatic carbocycles. The van der Waals surface area contributed by atoms with Crippen LogP contribution in [0.3, 0.4) is 0 Å². The molecule has 6 heteroatoms. The molecule has 0 spiro atoms. The van der Waals surface area contributed by atoms with Crippen LogP contribution in [0.25, 0.3) is 0 Å². The molecule has 2 heterocycles. The minimum absolute atomic E-state index is 0. The molecule has 2 aliphatic rings. The van der Waals surface area contributed by atoms with Gasteiger partial charge in [-0.15, -0.1) is 12.4 Å². The van der Waals surface area contributed by atoms with Crippen molar-refractivity contribution in [3.63, 3.8) is 0 Å². The zero-order valence-corrected chi connectivity index (χ0v) is 10.3. The Kier molecular flexibility index (Phi) is 5.48. The predicted molar refractivity (Wildman–Crippen MR) is 61.9 cm³/mol. The van der Waals surface area contributed by atoms with Gasteiger partial charge in [0.15, 0.2) is 0 Å². The van der Waals surface area contributed by atoms with Gasteiger partial charge in [-0.3, -0.25) is 4.79 Å². The van der Waals surface area contributed by atoms with Crippen LogP contribution in [0.5, 0.6) is 0 Å². The van der Waals surface area contributed by atoms with Crippen LogP contribution in [0, 0.1) is 0 Å². The van der Waals surface area contributed by atoms with E-state index in [9.17, 15) is 4.79 Å². The van der Waals surface area contributed by atoms with Gasteiger partial charge in [0.2, 0.25) is 5.91 Å². The molecule has 16 heavy (non-hydrogen) atoms. The molecule has 5 nitrogen and oxygen atoms in total. The van der Waals surface area contributed by atoms with Gasteiger partial charge in [-0.25, -0.2) is 0 Å². The molecule has 0 aliphatic carbocycles. The predicted octanol–water partition coefficient (Wildman–Crippen LogP) is -0.356. The van der Waals surface area contributed by atoms with Crippen molar-refractivity contribution in [1.29, 1.82) is 0 Å². The second kappa shape index (κ2) is 6.39. The van der Waals surface area contributed by atoms with Crippen molar-refractivity contribution in [2.75, 3.05) is 40.0 Å². The highest BCUT2D eigenvalue weighted by molar-refractivity contribution is 5.85. The van der Waals surface area contributed by atoms with Crippen LogP contribution in [0.2, 0.25) is 0 Å². The van der Waals surface area contributed by atoms with Gasteiger partial charge in [-0.05, 0) is 6.42 Å². The van der Waals surface area contributed by atoms with Crippen LogP contribution < -0.4 is 5.32 Å². The van der Waals surface area contributed by atoms with Gasteiger partial charge in [-0.1, -0.05) is 0 Å². The monoisotopic (exact) mass is 250 g/mol. The van der Waals surface area contributed by atoms with Crippen LogP contribution in [0.4, 0.5) is 0 Å². The van der Waals surface area contributed by atoms with Gasteiger partial charge >= 0.3 is 0 Å². The molecule has 0 saturated carbocycles. The Labute approximate surface area is 102 Å². The fourth-order valence-electron chi connectivity index (χ4n) is 1.98. The van der Waals surface area contributed by atoms with Crippen LogP contribution in [0.15, 0.2) is 0 Å². The lowest BCUT2D eigenvalue weighted by Crippen LogP contribution is -2.53. The van der Waals surface area contributed by atoms with Gasteiger partial charge in [0.25, 0.3) is 0 Å². The van der Waals surface area contributed by atoms with E-state index >= 15 is 0 Å². The van der Waals surface area contributed by atoms with E-state index in [2.05, 4.69) is 5.32 Å². The number of hydrogen-bond acceptors (Lipinski definition) is 4. The lowest BCUT2D eigenvalue weighted by molar-refractivity contribution is -0.137. The highest BCUT2D eigenvalue weighted by Gasteiger charge is 2.30. The van der Waals surface area contributed by atoms with E-state index in [1.807, 2.05) is 7.05 Å². The molecular weight excluding hydrogens is 232 g/mol. The maximum atomic E-state index is 12.0. The number of amides is 1. The number of halogens is 1. The summed E-state index contributed by atoms with van der Waals surface area (Å²) >= 11 is 0. The maximum absolute atomic E-state index is 12.0. The minimum atomic E-state index is -0.177. The Hall–Kier alpha value is -0.360. The van der Waals surface area contributed by atoms with E-state index in [4.69, 9.17) is 9.47 Å². The maximum Gasteiger partial charge on any atom is 0.242 e. The molecule has 2 saturated heterocycles. The van der Waals surface area contributed by atoms with Crippen molar-refractivity contribution in [2.45, 2.75) is 18.5 Å². The third-order valence-corrected chi connectivity index (χ3v) is 3.02. The number of carbonyl (C=O) groups excluding carboxylic acids is 1. The molecule has 0 bridgehead atoms. The normalized spacial score (nSPS) is 29.6. The first-order valence-corrected chi connectivity index (χ1v) is 5.44. The number of rotatable bonds is 2. The minimum Gasteiger partial charge on any atom is -0.379 e. The Morgan fingerprint density at radius 2 is 2.06 bits per heavy atom. The first-order chi connectivity index (χ1) is 7.29. The molecule has 2 aliphatic heterocycles. The zero-order valence-electron chi connectivity index (χ0n) is 9.48. The molecule has 2 unspecified atom stereocenters. The van der Waals surface area contributed by atoms with E-state index in [0.29, 0.717) is 19.8 Å². The highest BCUT2D eigenvalue weighted by atomic mass is 35.5. The number of hydrogen-bond donors (Lipinski definition) is 1. The van der Waals surface area contributed by atoms with E-state index < -0.39 is 0 Å². The van der Waals surface area contributed by atoms with E-state index in [1.165, 1.54) is 0 Å². The SMILES string of the molecule is CN(C(=O)C1COCCN1)C1CCOC1.Cl. The first kappa shape index (κ1) is 13.7. The average molecular weight is 251 g/mol. The Balaban J connectivity index is 0.00000128. The van der Waals surface area contributed by atoms with Crippen molar-refractivity contribution >= 4 is 18.3 Å². The average Bonchev–Trinajstić information content (AvgIpc) is 2.82.